The third-order valence-electron chi connectivity index (χ3n) is 5.02. The lowest BCUT2D eigenvalue weighted by atomic mass is 9.66. The minimum Gasteiger partial charge on any atom is -0.426 e. The van der Waals surface area contributed by atoms with E-state index < -0.39 is 24.4 Å². The molecule has 9 nitrogen and oxygen atoms in total. The summed E-state index contributed by atoms with van der Waals surface area (Å²) in [5.74, 6) is -1.77. The second-order valence-electron chi connectivity index (χ2n) is 7.05. The Hall–Kier alpha value is -2.59. The summed E-state index contributed by atoms with van der Waals surface area (Å²) in [6.45, 7) is 0.642. The Morgan fingerprint density at radius 2 is 1.86 bits per heavy atom. The van der Waals surface area contributed by atoms with Crippen molar-refractivity contribution in [2.75, 3.05) is 6.54 Å². The Bertz CT molecular complexity index is 690. The quantitative estimate of drug-likeness (QED) is 0.0991. The third kappa shape index (κ3) is 5.70. The van der Waals surface area contributed by atoms with Gasteiger partial charge in [-0.1, -0.05) is 36.8 Å². The monoisotopic (exact) mass is 389 g/mol. The molecule has 1 saturated carbocycles. The van der Waals surface area contributed by atoms with E-state index in [1.165, 1.54) is 0 Å². The van der Waals surface area contributed by atoms with E-state index in [-0.39, 0.29) is 18.3 Å². The SMILES string of the molecule is NC(N)=NCCC[C@H](NC(=O)C1(C(=O)NCc2ccccc2)CCC1)B(O)O. The fraction of sp³-hybridized carbons (Fsp3) is 0.500. The van der Waals surface area contributed by atoms with Crippen LogP contribution in [0.4, 0.5) is 0 Å². The van der Waals surface area contributed by atoms with E-state index in [2.05, 4.69) is 15.6 Å². The molecule has 2 rings (SSSR count). The summed E-state index contributed by atoms with van der Waals surface area (Å²) in [6, 6.07) is 9.43. The van der Waals surface area contributed by atoms with Crippen LogP contribution in [0, 0.1) is 5.41 Å². The molecule has 0 bridgehead atoms. The van der Waals surface area contributed by atoms with Crippen LogP contribution in [0.5, 0.6) is 0 Å². The summed E-state index contributed by atoms with van der Waals surface area (Å²) < 4.78 is 0. The van der Waals surface area contributed by atoms with Crippen molar-refractivity contribution in [1.82, 2.24) is 10.6 Å². The summed E-state index contributed by atoms with van der Waals surface area (Å²) in [7, 11) is -1.74. The summed E-state index contributed by atoms with van der Waals surface area (Å²) >= 11 is 0. The topological polar surface area (TPSA) is 163 Å². The van der Waals surface area contributed by atoms with Gasteiger partial charge in [-0.05, 0) is 31.2 Å². The number of hydrogen-bond acceptors (Lipinski definition) is 5. The molecule has 1 fully saturated rings. The minimum absolute atomic E-state index is 0.0476. The maximum atomic E-state index is 12.8. The van der Waals surface area contributed by atoms with E-state index in [1.54, 1.807) is 0 Å². The molecule has 0 spiro atoms. The molecule has 8 N–H and O–H groups in total. The molecule has 1 aromatic carbocycles. The van der Waals surface area contributed by atoms with E-state index in [1.807, 2.05) is 30.3 Å². The molecule has 0 aromatic heterocycles. The summed E-state index contributed by atoms with van der Waals surface area (Å²) in [5.41, 5.74) is 10.3. The van der Waals surface area contributed by atoms with Gasteiger partial charge < -0.3 is 32.1 Å². The number of nitrogens with zero attached hydrogens (tertiary/aromatic N) is 1. The highest BCUT2D eigenvalue weighted by Gasteiger charge is 2.51. The van der Waals surface area contributed by atoms with Crippen molar-refractivity contribution in [3.63, 3.8) is 0 Å². The fourth-order valence-electron chi connectivity index (χ4n) is 3.16. The van der Waals surface area contributed by atoms with Crippen molar-refractivity contribution >= 4 is 24.9 Å². The maximum absolute atomic E-state index is 12.8. The fourth-order valence-corrected chi connectivity index (χ4v) is 3.16. The van der Waals surface area contributed by atoms with E-state index in [0.717, 1.165) is 12.0 Å². The smallest absolute Gasteiger partial charge is 0.426 e. The van der Waals surface area contributed by atoms with Gasteiger partial charge in [-0.25, -0.2) is 0 Å². The van der Waals surface area contributed by atoms with Crippen LogP contribution in [0.1, 0.15) is 37.7 Å². The summed E-state index contributed by atoms with van der Waals surface area (Å²) in [4.78, 5) is 29.3. The van der Waals surface area contributed by atoms with Crippen LogP contribution in [0.15, 0.2) is 35.3 Å². The molecule has 1 aliphatic rings. The second-order valence-corrected chi connectivity index (χ2v) is 7.05. The van der Waals surface area contributed by atoms with Crippen molar-refractivity contribution in [2.24, 2.45) is 21.9 Å². The first-order valence-electron chi connectivity index (χ1n) is 9.40. The van der Waals surface area contributed by atoms with Gasteiger partial charge in [0.2, 0.25) is 11.8 Å². The zero-order valence-electron chi connectivity index (χ0n) is 15.8. The standard InChI is InChI=1S/C18H28BN5O4/c20-17(21)22-11-4-8-14(19(27)28)24-16(26)18(9-5-10-18)15(25)23-12-13-6-2-1-3-7-13/h1-3,6-7,14,27-28H,4-5,8-12H2,(H,23,25)(H,24,26)(H4,20,21,22)/t14-/m0/s1. The number of aliphatic imine (C=N–C) groups is 1. The molecule has 0 heterocycles. The number of nitrogens with two attached hydrogens (primary N) is 2. The number of guanidine groups is 1. The first-order valence-corrected chi connectivity index (χ1v) is 9.40. The molecular formula is C18H28BN5O4. The number of hydrogen-bond donors (Lipinski definition) is 6. The van der Waals surface area contributed by atoms with E-state index in [9.17, 15) is 19.6 Å². The van der Waals surface area contributed by atoms with Gasteiger partial charge in [-0.15, -0.1) is 0 Å². The number of carbonyl (C=O) groups is 2. The Labute approximate surface area is 164 Å². The molecule has 0 radical (unpaired) electrons. The molecule has 0 aliphatic heterocycles. The number of nitrogens with one attached hydrogen (secondary N) is 2. The lowest BCUT2D eigenvalue weighted by Gasteiger charge is -2.39. The minimum atomic E-state index is -1.74. The molecule has 2 amide bonds. The third-order valence-corrected chi connectivity index (χ3v) is 5.02. The summed E-state index contributed by atoms with van der Waals surface area (Å²) in [5, 5.41) is 24.6. The maximum Gasteiger partial charge on any atom is 0.475 e. The highest BCUT2D eigenvalue weighted by Crippen LogP contribution is 2.41. The van der Waals surface area contributed by atoms with E-state index in [4.69, 9.17) is 11.5 Å². The van der Waals surface area contributed by atoms with Crippen molar-refractivity contribution in [3.8, 4) is 0 Å². The predicted molar refractivity (Wildman–Crippen MR) is 107 cm³/mol. The Balaban J connectivity index is 1.93. The highest BCUT2D eigenvalue weighted by molar-refractivity contribution is 6.43. The van der Waals surface area contributed by atoms with E-state index >= 15 is 0 Å². The van der Waals surface area contributed by atoms with Gasteiger partial charge in [0.1, 0.15) is 5.41 Å². The van der Waals surface area contributed by atoms with Crippen LogP contribution < -0.4 is 22.1 Å². The largest absolute Gasteiger partial charge is 0.475 e. The lowest BCUT2D eigenvalue weighted by molar-refractivity contribution is -0.150. The van der Waals surface area contributed by atoms with Crippen molar-refractivity contribution in [1.29, 1.82) is 0 Å². The summed E-state index contributed by atoms with van der Waals surface area (Å²) in [6.07, 6.45) is 2.35. The molecule has 10 heteroatoms. The Morgan fingerprint density at radius 3 is 2.39 bits per heavy atom. The molecule has 1 aromatic rings. The van der Waals surface area contributed by atoms with Gasteiger partial charge >= 0.3 is 7.12 Å². The van der Waals surface area contributed by atoms with Gasteiger partial charge in [-0.3, -0.25) is 14.6 Å². The zero-order chi connectivity index (χ0) is 20.6. The molecule has 0 saturated heterocycles. The van der Waals surface area contributed by atoms with Gasteiger partial charge in [0.05, 0.1) is 5.94 Å². The van der Waals surface area contributed by atoms with Crippen LogP contribution in [0.25, 0.3) is 0 Å². The van der Waals surface area contributed by atoms with Crippen LogP contribution in [0.2, 0.25) is 0 Å². The molecule has 1 atom stereocenters. The molecule has 1 aliphatic carbocycles. The number of benzene rings is 1. The molecule has 28 heavy (non-hydrogen) atoms. The van der Waals surface area contributed by atoms with Crippen molar-refractivity contribution in [2.45, 2.75) is 44.6 Å². The average molecular weight is 389 g/mol. The van der Waals surface area contributed by atoms with Crippen LogP contribution in [-0.4, -0.2) is 47.4 Å². The average Bonchev–Trinajstić information content (AvgIpc) is 2.62. The predicted octanol–water partition coefficient (Wildman–Crippen LogP) is -0.976. The lowest BCUT2D eigenvalue weighted by Crippen LogP contribution is -2.59. The zero-order valence-corrected chi connectivity index (χ0v) is 15.8. The first-order chi connectivity index (χ1) is 13.3. The number of carbonyl (C=O) groups excluding carboxylic acids is 2. The number of rotatable bonds is 10. The van der Waals surface area contributed by atoms with Gasteiger partial charge in [0, 0.05) is 13.1 Å². The molecule has 0 unspecified atom stereocenters. The van der Waals surface area contributed by atoms with Gasteiger partial charge in [0.15, 0.2) is 5.96 Å². The highest BCUT2D eigenvalue weighted by atomic mass is 16.4. The molecular weight excluding hydrogens is 361 g/mol. The van der Waals surface area contributed by atoms with Crippen LogP contribution in [-0.2, 0) is 16.1 Å². The number of amides is 2. The van der Waals surface area contributed by atoms with Crippen LogP contribution >= 0.6 is 0 Å². The van der Waals surface area contributed by atoms with Crippen LogP contribution in [0.3, 0.4) is 0 Å². The van der Waals surface area contributed by atoms with Crippen molar-refractivity contribution < 1.29 is 19.6 Å². The molecule has 152 valence electrons. The second kappa shape index (κ2) is 10.1. The Kier molecular flexibility index (Phi) is 7.83. The van der Waals surface area contributed by atoms with Gasteiger partial charge in [0.25, 0.3) is 0 Å². The van der Waals surface area contributed by atoms with Crippen molar-refractivity contribution in [3.05, 3.63) is 35.9 Å². The normalized spacial score (nSPS) is 15.6. The first kappa shape index (κ1) is 21.7. The van der Waals surface area contributed by atoms with E-state index in [0.29, 0.717) is 32.4 Å². The Morgan fingerprint density at radius 1 is 1.18 bits per heavy atom. The van der Waals surface area contributed by atoms with Gasteiger partial charge in [-0.2, -0.15) is 0 Å².